The number of hydrazine groups is 1. The van der Waals surface area contributed by atoms with Gasteiger partial charge in [-0.1, -0.05) is 0 Å². The van der Waals surface area contributed by atoms with Crippen LogP contribution in [0.15, 0.2) is 22.6 Å². The van der Waals surface area contributed by atoms with Crippen molar-refractivity contribution in [1.82, 2.24) is 5.43 Å². The predicted octanol–water partition coefficient (Wildman–Crippen LogP) is 3.04. The zero-order valence-electron chi connectivity index (χ0n) is 11.1. The molecule has 0 aliphatic carbocycles. The van der Waals surface area contributed by atoms with Gasteiger partial charge < -0.3 is 4.42 Å². The fourth-order valence-electron chi connectivity index (χ4n) is 2.32. The lowest BCUT2D eigenvalue weighted by molar-refractivity contribution is 0.493. The molecule has 102 valence electrons. The molecule has 0 spiro atoms. The van der Waals surface area contributed by atoms with Gasteiger partial charge in [-0.15, -0.1) is 0 Å². The van der Waals surface area contributed by atoms with Gasteiger partial charge in [0, 0.05) is 11.6 Å². The molecule has 2 aromatic rings. The molecule has 0 amide bonds. The summed E-state index contributed by atoms with van der Waals surface area (Å²) in [7, 11) is 0. The zero-order chi connectivity index (χ0) is 14.2. The van der Waals surface area contributed by atoms with Crippen LogP contribution in [0.5, 0.6) is 0 Å². The Kier molecular flexibility index (Phi) is 3.68. The van der Waals surface area contributed by atoms with E-state index in [-0.39, 0.29) is 0 Å². The quantitative estimate of drug-likeness (QED) is 0.663. The first-order chi connectivity index (χ1) is 8.93. The minimum Gasteiger partial charge on any atom is -0.466 e. The minimum atomic E-state index is -0.634. The van der Waals surface area contributed by atoms with Crippen molar-refractivity contribution in [3.8, 4) is 0 Å². The van der Waals surface area contributed by atoms with Crippen LogP contribution in [0.1, 0.15) is 34.3 Å². The minimum absolute atomic E-state index is 0.423. The molecule has 1 unspecified atom stereocenters. The highest BCUT2D eigenvalue weighted by atomic mass is 19.1. The second-order valence-electron chi connectivity index (χ2n) is 4.56. The highest BCUT2D eigenvalue weighted by Gasteiger charge is 2.22. The number of nitrogens with one attached hydrogen (secondary N) is 1. The predicted molar refractivity (Wildman–Crippen MR) is 68.4 cm³/mol. The number of benzene rings is 1. The smallest absolute Gasteiger partial charge is 0.126 e. The van der Waals surface area contributed by atoms with Gasteiger partial charge in [0.2, 0.25) is 0 Å². The van der Waals surface area contributed by atoms with Crippen LogP contribution in [0.3, 0.4) is 0 Å². The lowest BCUT2D eigenvalue weighted by Gasteiger charge is -2.17. The van der Waals surface area contributed by atoms with Crippen molar-refractivity contribution < 1.29 is 13.2 Å². The molecule has 1 heterocycles. The third-order valence-corrected chi connectivity index (χ3v) is 3.29. The Balaban J connectivity index is 2.56. The van der Waals surface area contributed by atoms with E-state index in [2.05, 4.69) is 5.43 Å². The number of rotatable bonds is 3. The Morgan fingerprint density at radius 1 is 1.05 bits per heavy atom. The average molecular weight is 266 g/mol. The summed E-state index contributed by atoms with van der Waals surface area (Å²) in [5, 5.41) is 0. The van der Waals surface area contributed by atoms with E-state index in [1.807, 2.05) is 13.8 Å². The van der Waals surface area contributed by atoms with E-state index in [0.717, 1.165) is 23.0 Å². The van der Waals surface area contributed by atoms with Gasteiger partial charge in [-0.3, -0.25) is 5.84 Å². The van der Waals surface area contributed by atoms with Crippen molar-refractivity contribution in [1.29, 1.82) is 0 Å². The van der Waals surface area contributed by atoms with Gasteiger partial charge in [0.1, 0.15) is 23.2 Å². The summed E-state index contributed by atoms with van der Waals surface area (Å²) in [6.45, 7) is 5.53. The largest absolute Gasteiger partial charge is 0.466 e. The van der Waals surface area contributed by atoms with E-state index in [9.17, 15) is 8.78 Å². The molecule has 0 saturated heterocycles. The highest BCUT2D eigenvalue weighted by Crippen LogP contribution is 2.31. The second-order valence-corrected chi connectivity index (χ2v) is 4.56. The Hall–Kier alpha value is -1.72. The number of furan rings is 1. The Labute approximate surface area is 110 Å². The van der Waals surface area contributed by atoms with E-state index in [1.54, 1.807) is 6.92 Å². The molecule has 0 aliphatic heterocycles. The molecule has 0 radical (unpaired) electrons. The monoisotopic (exact) mass is 266 g/mol. The first kappa shape index (κ1) is 13.7. The molecular weight excluding hydrogens is 250 g/mol. The molecule has 0 bridgehead atoms. The molecule has 1 aromatic carbocycles. The lowest BCUT2D eigenvalue weighted by Crippen LogP contribution is -2.29. The third-order valence-electron chi connectivity index (χ3n) is 3.29. The van der Waals surface area contributed by atoms with Gasteiger partial charge in [0.25, 0.3) is 0 Å². The van der Waals surface area contributed by atoms with E-state index < -0.39 is 17.7 Å². The van der Waals surface area contributed by atoms with Gasteiger partial charge in [0.15, 0.2) is 0 Å². The molecule has 1 atom stereocenters. The average Bonchev–Trinajstić information content (AvgIpc) is 2.56. The van der Waals surface area contributed by atoms with E-state index in [4.69, 9.17) is 10.3 Å². The van der Waals surface area contributed by atoms with Crippen LogP contribution in [0.25, 0.3) is 0 Å². The normalized spacial score (nSPS) is 12.7. The standard InChI is InChI=1S/C14H16F2N2O/c1-7-8(2)19-9(3)13(7)14(18-17)10-4-11(15)6-12(16)5-10/h4-6,14,18H,17H2,1-3H3. The SMILES string of the molecule is Cc1oc(C)c(C(NN)c2cc(F)cc(F)c2)c1C. The molecule has 3 N–H and O–H groups in total. The Morgan fingerprint density at radius 2 is 1.63 bits per heavy atom. The third kappa shape index (κ3) is 2.52. The maximum absolute atomic E-state index is 13.3. The van der Waals surface area contributed by atoms with Gasteiger partial charge >= 0.3 is 0 Å². The molecule has 5 heteroatoms. The summed E-state index contributed by atoms with van der Waals surface area (Å²) in [4.78, 5) is 0. The zero-order valence-corrected chi connectivity index (χ0v) is 11.1. The molecular formula is C14H16F2N2O. The van der Waals surface area contributed by atoms with Crippen molar-refractivity contribution in [2.24, 2.45) is 5.84 Å². The summed E-state index contributed by atoms with van der Waals surface area (Å²) in [5.41, 5.74) is 4.75. The fraction of sp³-hybridized carbons (Fsp3) is 0.286. The van der Waals surface area contributed by atoms with Gasteiger partial charge in [-0.2, -0.15) is 0 Å². The fourth-order valence-corrected chi connectivity index (χ4v) is 2.32. The summed E-state index contributed by atoms with van der Waals surface area (Å²) in [6, 6.07) is 2.84. The summed E-state index contributed by atoms with van der Waals surface area (Å²) in [6.07, 6.45) is 0. The number of halogens is 2. The van der Waals surface area contributed by atoms with Crippen LogP contribution >= 0.6 is 0 Å². The molecule has 19 heavy (non-hydrogen) atoms. The number of hydrogen-bond donors (Lipinski definition) is 2. The topological polar surface area (TPSA) is 51.2 Å². The molecule has 2 rings (SSSR count). The van der Waals surface area contributed by atoms with E-state index in [1.165, 1.54) is 12.1 Å². The first-order valence-electron chi connectivity index (χ1n) is 5.92. The van der Waals surface area contributed by atoms with Gasteiger partial charge in [0.05, 0.1) is 6.04 Å². The maximum Gasteiger partial charge on any atom is 0.126 e. The number of hydrogen-bond acceptors (Lipinski definition) is 3. The van der Waals surface area contributed by atoms with E-state index >= 15 is 0 Å². The second kappa shape index (κ2) is 5.11. The number of nitrogens with two attached hydrogens (primary N) is 1. The van der Waals surface area contributed by atoms with Crippen molar-refractivity contribution in [3.05, 3.63) is 58.0 Å². The molecule has 3 nitrogen and oxygen atoms in total. The van der Waals surface area contributed by atoms with E-state index in [0.29, 0.717) is 11.3 Å². The number of aryl methyl sites for hydroxylation is 2. The lowest BCUT2D eigenvalue weighted by atomic mass is 9.96. The van der Waals surface area contributed by atoms with Gasteiger partial charge in [-0.05, 0) is 44.0 Å². The van der Waals surface area contributed by atoms with Crippen LogP contribution in [0.2, 0.25) is 0 Å². The van der Waals surface area contributed by atoms with Crippen molar-refractivity contribution in [2.75, 3.05) is 0 Å². The molecule has 0 fully saturated rings. The summed E-state index contributed by atoms with van der Waals surface area (Å²) in [5.74, 6) is 5.73. The Morgan fingerprint density at radius 3 is 2.05 bits per heavy atom. The summed E-state index contributed by atoms with van der Waals surface area (Å²) < 4.78 is 32.2. The van der Waals surface area contributed by atoms with Crippen LogP contribution < -0.4 is 11.3 Å². The molecule has 1 aromatic heterocycles. The first-order valence-corrected chi connectivity index (χ1v) is 5.92. The van der Waals surface area contributed by atoms with Crippen LogP contribution in [0.4, 0.5) is 8.78 Å². The summed E-state index contributed by atoms with van der Waals surface area (Å²) >= 11 is 0. The molecule has 0 aliphatic rings. The van der Waals surface area contributed by atoms with Crippen molar-refractivity contribution in [3.63, 3.8) is 0 Å². The maximum atomic E-state index is 13.3. The van der Waals surface area contributed by atoms with Gasteiger partial charge in [-0.25, -0.2) is 14.2 Å². The highest BCUT2D eigenvalue weighted by molar-refractivity contribution is 5.40. The van der Waals surface area contributed by atoms with Crippen LogP contribution in [-0.2, 0) is 0 Å². The van der Waals surface area contributed by atoms with Crippen LogP contribution in [0, 0.1) is 32.4 Å². The van der Waals surface area contributed by atoms with Crippen molar-refractivity contribution in [2.45, 2.75) is 26.8 Å². The Bertz CT molecular complexity index is 587. The van der Waals surface area contributed by atoms with Crippen molar-refractivity contribution >= 4 is 0 Å². The molecule has 0 saturated carbocycles. The van der Waals surface area contributed by atoms with Crippen LogP contribution in [-0.4, -0.2) is 0 Å².